The molecule has 0 saturated heterocycles. The van der Waals surface area contributed by atoms with Crippen LogP contribution in [0.1, 0.15) is 5.56 Å². The summed E-state index contributed by atoms with van der Waals surface area (Å²) in [6.45, 7) is -0.0525. The van der Waals surface area contributed by atoms with E-state index in [2.05, 4.69) is 0 Å². The molecule has 1 aromatic rings. The number of sulfone groups is 1. The smallest absolute Gasteiger partial charge is 0.175 e. The van der Waals surface area contributed by atoms with Crippen molar-refractivity contribution in [1.82, 2.24) is 0 Å². The van der Waals surface area contributed by atoms with Crippen molar-refractivity contribution in [3.8, 4) is 0 Å². The molecule has 4 heteroatoms. The third-order valence-corrected chi connectivity index (χ3v) is 2.81. The van der Waals surface area contributed by atoms with E-state index >= 15 is 0 Å². The maximum Gasteiger partial charge on any atom is 0.175 e. The summed E-state index contributed by atoms with van der Waals surface area (Å²) in [5.41, 5.74) is 0.766. The predicted molar refractivity (Wildman–Crippen MR) is 55.7 cm³/mol. The van der Waals surface area contributed by atoms with Gasteiger partial charge in [-0.3, -0.25) is 0 Å². The molecule has 0 heterocycles. The number of aliphatic hydroxyl groups excluding tert-OH is 1. The summed E-state index contributed by atoms with van der Waals surface area (Å²) in [6.07, 6.45) is 4.40. The predicted octanol–water partition coefficient (Wildman–Crippen LogP) is 1.10. The van der Waals surface area contributed by atoms with Gasteiger partial charge in [0, 0.05) is 6.26 Å². The Kier molecular flexibility index (Phi) is 3.43. The van der Waals surface area contributed by atoms with Crippen molar-refractivity contribution >= 4 is 15.9 Å². The van der Waals surface area contributed by atoms with E-state index in [1.54, 1.807) is 36.4 Å². The van der Waals surface area contributed by atoms with Crippen LogP contribution in [0, 0.1) is 0 Å². The van der Waals surface area contributed by atoms with E-state index in [0.29, 0.717) is 0 Å². The highest BCUT2D eigenvalue weighted by Gasteiger charge is 2.05. The van der Waals surface area contributed by atoms with E-state index in [-0.39, 0.29) is 11.5 Å². The summed E-state index contributed by atoms with van der Waals surface area (Å²) in [5, 5.41) is 8.55. The van der Waals surface area contributed by atoms with Crippen molar-refractivity contribution in [1.29, 1.82) is 0 Å². The Labute approximate surface area is 83.6 Å². The largest absolute Gasteiger partial charge is 0.392 e. The molecule has 0 radical (unpaired) electrons. The first kappa shape index (κ1) is 10.9. The SMILES string of the molecule is CS(=O)(=O)c1cccc(/C=C/CO)c1. The zero-order valence-electron chi connectivity index (χ0n) is 7.84. The average Bonchev–Trinajstić information content (AvgIpc) is 2.14. The fraction of sp³-hybridized carbons (Fsp3) is 0.200. The molecule has 14 heavy (non-hydrogen) atoms. The number of benzene rings is 1. The Bertz CT molecular complexity index is 432. The molecule has 0 aliphatic heterocycles. The van der Waals surface area contributed by atoms with E-state index < -0.39 is 9.84 Å². The van der Waals surface area contributed by atoms with E-state index in [0.717, 1.165) is 5.56 Å². The average molecular weight is 212 g/mol. The molecule has 0 unspecified atom stereocenters. The molecule has 0 aliphatic rings. The van der Waals surface area contributed by atoms with Crippen molar-refractivity contribution in [3.63, 3.8) is 0 Å². The standard InChI is InChI=1S/C10H12O3S/c1-14(12,13)10-6-2-4-9(8-10)5-3-7-11/h2-6,8,11H,7H2,1H3/b5-3+. The van der Waals surface area contributed by atoms with Gasteiger partial charge in [-0.05, 0) is 17.7 Å². The molecule has 0 aromatic heterocycles. The van der Waals surface area contributed by atoms with Crippen LogP contribution in [0.4, 0.5) is 0 Å². The lowest BCUT2D eigenvalue weighted by Crippen LogP contribution is -1.96. The van der Waals surface area contributed by atoms with E-state index in [9.17, 15) is 8.42 Å². The van der Waals surface area contributed by atoms with Gasteiger partial charge in [0.1, 0.15) is 0 Å². The van der Waals surface area contributed by atoms with Gasteiger partial charge in [0.05, 0.1) is 11.5 Å². The molecule has 0 amide bonds. The molecule has 0 fully saturated rings. The topological polar surface area (TPSA) is 54.4 Å². The van der Waals surface area contributed by atoms with Crippen molar-refractivity contribution in [3.05, 3.63) is 35.9 Å². The number of aliphatic hydroxyl groups is 1. The molecular weight excluding hydrogens is 200 g/mol. The first-order chi connectivity index (χ1) is 6.54. The van der Waals surface area contributed by atoms with Crippen LogP contribution in [-0.2, 0) is 9.84 Å². The quantitative estimate of drug-likeness (QED) is 0.816. The monoisotopic (exact) mass is 212 g/mol. The highest BCUT2D eigenvalue weighted by molar-refractivity contribution is 7.90. The second-order valence-electron chi connectivity index (χ2n) is 2.93. The third-order valence-electron chi connectivity index (χ3n) is 1.70. The lowest BCUT2D eigenvalue weighted by molar-refractivity contribution is 0.343. The van der Waals surface area contributed by atoms with Crippen molar-refractivity contribution in [2.75, 3.05) is 12.9 Å². The molecule has 1 rings (SSSR count). The maximum absolute atomic E-state index is 11.2. The van der Waals surface area contributed by atoms with Gasteiger partial charge in [-0.1, -0.05) is 24.3 Å². The summed E-state index contributed by atoms with van der Waals surface area (Å²) < 4.78 is 22.4. The molecule has 1 N–H and O–H groups in total. The maximum atomic E-state index is 11.2. The fourth-order valence-corrected chi connectivity index (χ4v) is 1.71. The van der Waals surface area contributed by atoms with Crippen molar-refractivity contribution in [2.45, 2.75) is 4.90 Å². The van der Waals surface area contributed by atoms with Crippen LogP contribution >= 0.6 is 0 Å². The van der Waals surface area contributed by atoms with Gasteiger partial charge in [-0.25, -0.2) is 8.42 Å². The zero-order chi connectivity index (χ0) is 10.6. The Balaban J connectivity index is 3.08. The molecule has 3 nitrogen and oxygen atoms in total. The van der Waals surface area contributed by atoms with Crippen LogP contribution < -0.4 is 0 Å². The fourth-order valence-electron chi connectivity index (χ4n) is 1.04. The lowest BCUT2D eigenvalue weighted by atomic mass is 10.2. The molecule has 0 spiro atoms. The first-order valence-corrected chi connectivity index (χ1v) is 6.00. The molecule has 0 atom stereocenters. The van der Waals surface area contributed by atoms with Crippen LogP contribution in [0.2, 0.25) is 0 Å². The van der Waals surface area contributed by atoms with Gasteiger partial charge in [-0.2, -0.15) is 0 Å². The first-order valence-electron chi connectivity index (χ1n) is 4.11. The van der Waals surface area contributed by atoms with Gasteiger partial charge in [0.2, 0.25) is 0 Å². The normalized spacial score (nSPS) is 12.1. The summed E-state index contributed by atoms with van der Waals surface area (Å²) in [5.74, 6) is 0. The Morgan fingerprint density at radius 2 is 2.14 bits per heavy atom. The van der Waals surface area contributed by atoms with Gasteiger partial charge in [0.25, 0.3) is 0 Å². The Hall–Kier alpha value is -1.13. The van der Waals surface area contributed by atoms with Crippen molar-refractivity contribution < 1.29 is 13.5 Å². The van der Waals surface area contributed by atoms with Gasteiger partial charge < -0.3 is 5.11 Å². The van der Waals surface area contributed by atoms with Crippen molar-refractivity contribution in [2.24, 2.45) is 0 Å². The minimum atomic E-state index is -3.15. The highest BCUT2D eigenvalue weighted by atomic mass is 32.2. The van der Waals surface area contributed by atoms with Crippen LogP contribution in [0.25, 0.3) is 6.08 Å². The van der Waals surface area contributed by atoms with Crippen LogP contribution in [-0.4, -0.2) is 26.4 Å². The highest BCUT2D eigenvalue weighted by Crippen LogP contribution is 2.12. The summed E-state index contributed by atoms with van der Waals surface area (Å²) in [6, 6.07) is 6.57. The second kappa shape index (κ2) is 4.39. The summed E-state index contributed by atoms with van der Waals surface area (Å²) in [7, 11) is -3.15. The number of hydrogen-bond donors (Lipinski definition) is 1. The second-order valence-corrected chi connectivity index (χ2v) is 4.95. The van der Waals surface area contributed by atoms with Gasteiger partial charge >= 0.3 is 0 Å². The van der Waals surface area contributed by atoms with E-state index in [1.165, 1.54) is 6.26 Å². The third kappa shape index (κ3) is 2.97. The zero-order valence-corrected chi connectivity index (χ0v) is 8.66. The van der Waals surface area contributed by atoms with Gasteiger partial charge in [0.15, 0.2) is 9.84 Å². The van der Waals surface area contributed by atoms with E-state index in [1.807, 2.05) is 0 Å². The summed E-state index contributed by atoms with van der Waals surface area (Å²) in [4.78, 5) is 0.289. The lowest BCUT2D eigenvalue weighted by Gasteiger charge is -1.99. The minimum Gasteiger partial charge on any atom is -0.392 e. The van der Waals surface area contributed by atoms with Crippen LogP contribution in [0.3, 0.4) is 0 Å². The molecular formula is C10H12O3S. The molecule has 0 saturated carbocycles. The molecule has 1 aromatic carbocycles. The Morgan fingerprint density at radius 3 is 2.71 bits per heavy atom. The molecule has 0 bridgehead atoms. The Morgan fingerprint density at radius 1 is 1.43 bits per heavy atom. The number of hydrogen-bond acceptors (Lipinski definition) is 3. The summed E-state index contributed by atoms with van der Waals surface area (Å²) >= 11 is 0. The molecule has 76 valence electrons. The van der Waals surface area contributed by atoms with Gasteiger partial charge in [-0.15, -0.1) is 0 Å². The van der Waals surface area contributed by atoms with E-state index in [4.69, 9.17) is 5.11 Å². The molecule has 0 aliphatic carbocycles. The minimum absolute atomic E-state index is 0.0525. The van der Waals surface area contributed by atoms with Crippen LogP contribution in [0.5, 0.6) is 0 Å². The number of rotatable bonds is 3. The van der Waals surface area contributed by atoms with Crippen LogP contribution in [0.15, 0.2) is 35.2 Å².